The van der Waals surface area contributed by atoms with Crippen molar-refractivity contribution in [2.24, 2.45) is 5.92 Å². The molecule has 1 aliphatic rings. The van der Waals surface area contributed by atoms with Crippen LogP contribution in [0.5, 0.6) is 0 Å². The lowest BCUT2D eigenvalue weighted by Crippen LogP contribution is -2.43. The molecule has 0 aliphatic carbocycles. The number of rotatable bonds is 6. The molecule has 6 nitrogen and oxygen atoms in total. The van der Waals surface area contributed by atoms with E-state index in [-0.39, 0.29) is 29.2 Å². The van der Waals surface area contributed by atoms with Gasteiger partial charge in [0.15, 0.2) is 0 Å². The van der Waals surface area contributed by atoms with E-state index >= 15 is 0 Å². The van der Waals surface area contributed by atoms with Crippen LogP contribution in [0.2, 0.25) is 0 Å². The first-order valence-corrected chi connectivity index (χ1v) is 9.52. The van der Waals surface area contributed by atoms with Gasteiger partial charge in [-0.05, 0) is 37.1 Å². The third-order valence-electron chi connectivity index (χ3n) is 4.93. The number of piperidine rings is 1. The lowest BCUT2D eigenvalue weighted by atomic mass is 9.91. The molecule has 2 aromatic rings. The summed E-state index contributed by atoms with van der Waals surface area (Å²) in [5, 5.41) is 2.72. The molecule has 1 aromatic carbocycles. The Morgan fingerprint density at radius 3 is 2.43 bits per heavy atom. The Hall–Kier alpha value is -3.15. The molecule has 6 heteroatoms. The molecule has 1 saturated heterocycles. The standard InChI is InChI=1S/C22H24N2O4/c1-2-20(25)16-10-12-24(13-11-16)22(27)19(15-18-9-6-14-28-18)23-21(26)17-7-4-3-5-8-17/h3-9,14-16H,2,10-13H2,1H3,(H,23,26)/b19-15-. The maximum atomic E-state index is 13.1. The molecule has 146 valence electrons. The van der Waals surface area contributed by atoms with Crippen molar-refractivity contribution in [2.45, 2.75) is 26.2 Å². The van der Waals surface area contributed by atoms with Crippen LogP contribution in [0.25, 0.3) is 6.08 Å². The zero-order valence-electron chi connectivity index (χ0n) is 15.9. The topological polar surface area (TPSA) is 79.6 Å². The van der Waals surface area contributed by atoms with E-state index in [4.69, 9.17) is 4.42 Å². The smallest absolute Gasteiger partial charge is 0.270 e. The number of furan rings is 1. The molecule has 0 saturated carbocycles. The summed E-state index contributed by atoms with van der Waals surface area (Å²) in [5.41, 5.74) is 0.622. The van der Waals surface area contributed by atoms with E-state index in [1.807, 2.05) is 13.0 Å². The molecule has 0 spiro atoms. The number of Topliss-reactive ketones (excluding diaryl/α,β-unsaturated/α-hetero) is 1. The molecule has 0 bridgehead atoms. The number of ketones is 1. The first kappa shape index (κ1) is 19.6. The Balaban J connectivity index is 1.75. The van der Waals surface area contributed by atoms with Crippen molar-refractivity contribution in [3.8, 4) is 0 Å². The molecule has 2 heterocycles. The second kappa shape index (κ2) is 9.17. The zero-order valence-corrected chi connectivity index (χ0v) is 15.9. The van der Waals surface area contributed by atoms with Crippen LogP contribution in [0.1, 0.15) is 42.3 Å². The third kappa shape index (κ3) is 4.76. The quantitative estimate of drug-likeness (QED) is 0.780. The van der Waals surface area contributed by atoms with Crippen molar-refractivity contribution >= 4 is 23.7 Å². The maximum absolute atomic E-state index is 13.1. The highest BCUT2D eigenvalue weighted by atomic mass is 16.3. The lowest BCUT2D eigenvalue weighted by molar-refractivity contribution is -0.132. The second-order valence-corrected chi connectivity index (χ2v) is 6.78. The van der Waals surface area contributed by atoms with Crippen LogP contribution in [-0.4, -0.2) is 35.6 Å². The number of amides is 2. The van der Waals surface area contributed by atoms with E-state index in [1.54, 1.807) is 41.3 Å². The Kier molecular flexibility index (Phi) is 6.42. The highest BCUT2D eigenvalue weighted by Gasteiger charge is 2.28. The predicted molar refractivity (Wildman–Crippen MR) is 105 cm³/mol. The maximum Gasteiger partial charge on any atom is 0.270 e. The van der Waals surface area contributed by atoms with Gasteiger partial charge in [0.2, 0.25) is 0 Å². The largest absolute Gasteiger partial charge is 0.465 e. The number of benzene rings is 1. The van der Waals surface area contributed by atoms with Crippen molar-refractivity contribution in [3.05, 3.63) is 65.7 Å². The van der Waals surface area contributed by atoms with Gasteiger partial charge in [-0.3, -0.25) is 14.4 Å². The Morgan fingerprint density at radius 1 is 1.11 bits per heavy atom. The number of likely N-dealkylation sites (tertiary alicyclic amines) is 1. The fraction of sp³-hybridized carbons (Fsp3) is 0.318. The molecule has 1 N–H and O–H groups in total. The first-order chi connectivity index (χ1) is 13.6. The Labute approximate surface area is 164 Å². The molecule has 2 amide bonds. The molecule has 0 radical (unpaired) electrons. The fourth-order valence-electron chi connectivity index (χ4n) is 3.31. The van der Waals surface area contributed by atoms with Crippen LogP contribution >= 0.6 is 0 Å². The SMILES string of the molecule is CCC(=O)C1CCN(C(=O)/C(=C/c2ccco2)NC(=O)c2ccccc2)CC1. The fourth-order valence-corrected chi connectivity index (χ4v) is 3.31. The highest BCUT2D eigenvalue weighted by Crippen LogP contribution is 2.21. The van der Waals surface area contributed by atoms with E-state index in [0.29, 0.717) is 43.7 Å². The van der Waals surface area contributed by atoms with Gasteiger partial charge in [-0.25, -0.2) is 0 Å². The summed E-state index contributed by atoms with van der Waals surface area (Å²) in [4.78, 5) is 39.2. The minimum absolute atomic E-state index is 0.0189. The van der Waals surface area contributed by atoms with Gasteiger partial charge >= 0.3 is 0 Å². The summed E-state index contributed by atoms with van der Waals surface area (Å²) in [6, 6.07) is 12.2. The van der Waals surface area contributed by atoms with Crippen molar-refractivity contribution < 1.29 is 18.8 Å². The van der Waals surface area contributed by atoms with Gasteiger partial charge in [-0.1, -0.05) is 25.1 Å². The van der Waals surface area contributed by atoms with E-state index < -0.39 is 0 Å². The average Bonchev–Trinajstić information content (AvgIpc) is 3.26. The summed E-state index contributed by atoms with van der Waals surface area (Å²) in [5.74, 6) is 0.111. The number of hydrogen-bond acceptors (Lipinski definition) is 4. The molecular formula is C22H24N2O4. The van der Waals surface area contributed by atoms with Crippen LogP contribution in [0.4, 0.5) is 0 Å². The van der Waals surface area contributed by atoms with Crippen LogP contribution in [-0.2, 0) is 9.59 Å². The number of hydrogen-bond donors (Lipinski definition) is 1. The number of nitrogens with one attached hydrogen (secondary N) is 1. The van der Waals surface area contributed by atoms with Gasteiger partial charge in [0.25, 0.3) is 11.8 Å². The molecule has 1 fully saturated rings. The Bertz CT molecular complexity index is 848. The van der Waals surface area contributed by atoms with Gasteiger partial charge in [0.05, 0.1) is 6.26 Å². The predicted octanol–water partition coefficient (Wildman–Crippen LogP) is 3.27. The van der Waals surface area contributed by atoms with Crippen molar-refractivity contribution in [1.82, 2.24) is 10.2 Å². The van der Waals surface area contributed by atoms with E-state index in [1.165, 1.54) is 12.3 Å². The molecular weight excluding hydrogens is 356 g/mol. The molecule has 1 aliphatic heterocycles. The van der Waals surface area contributed by atoms with Crippen LogP contribution in [0, 0.1) is 5.92 Å². The van der Waals surface area contributed by atoms with Crippen LogP contribution in [0.3, 0.4) is 0 Å². The number of carbonyl (C=O) groups is 3. The van der Waals surface area contributed by atoms with Crippen molar-refractivity contribution in [2.75, 3.05) is 13.1 Å². The van der Waals surface area contributed by atoms with Crippen molar-refractivity contribution in [3.63, 3.8) is 0 Å². The molecule has 3 rings (SSSR count). The number of carbonyl (C=O) groups excluding carboxylic acids is 3. The normalized spacial score (nSPS) is 15.3. The summed E-state index contributed by atoms with van der Waals surface area (Å²) in [6.07, 6.45) is 4.87. The third-order valence-corrected chi connectivity index (χ3v) is 4.93. The van der Waals surface area contributed by atoms with E-state index in [0.717, 1.165) is 0 Å². The molecule has 28 heavy (non-hydrogen) atoms. The summed E-state index contributed by atoms with van der Waals surface area (Å²) in [7, 11) is 0. The van der Waals surface area contributed by atoms with E-state index in [9.17, 15) is 14.4 Å². The van der Waals surface area contributed by atoms with Gasteiger partial charge in [-0.2, -0.15) is 0 Å². The first-order valence-electron chi connectivity index (χ1n) is 9.52. The van der Waals surface area contributed by atoms with Crippen molar-refractivity contribution in [1.29, 1.82) is 0 Å². The average molecular weight is 380 g/mol. The van der Waals surface area contributed by atoms with Gasteiger partial charge in [0, 0.05) is 37.1 Å². The van der Waals surface area contributed by atoms with Gasteiger partial charge in [-0.15, -0.1) is 0 Å². The lowest BCUT2D eigenvalue weighted by Gasteiger charge is -2.31. The second-order valence-electron chi connectivity index (χ2n) is 6.78. The van der Waals surface area contributed by atoms with Crippen LogP contribution < -0.4 is 5.32 Å². The van der Waals surface area contributed by atoms with Gasteiger partial charge in [0.1, 0.15) is 17.2 Å². The highest BCUT2D eigenvalue weighted by molar-refractivity contribution is 6.05. The minimum atomic E-state index is -0.359. The summed E-state index contributed by atoms with van der Waals surface area (Å²) < 4.78 is 5.31. The van der Waals surface area contributed by atoms with E-state index in [2.05, 4.69) is 5.32 Å². The van der Waals surface area contributed by atoms with Crippen LogP contribution in [0.15, 0.2) is 58.8 Å². The summed E-state index contributed by atoms with van der Waals surface area (Å²) in [6.45, 7) is 2.85. The zero-order chi connectivity index (χ0) is 19.9. The molecule has 1 aromatic heterocycles. The minimum Gasteiger partial charge on any atom is -0.465 e. The monoisotopic (exact) mass is 380 g/mol. The number of nitrogens with zero attached hydrogens (tertiary/aromatic N) is 1. The van der Waals surface area contributed by atoms with Gasteiger partial charge < -0.3 is 14.6 Å². The summed E-state index contributed by atoms with van der Waals surface area (Å²) >= 11 is 0. The molecule has 0 atom stereocenters. The Morgan fingerprint density at radius 2 is 1.82 bits per heavy atom. The molecule has 0 unspecified atom stereocenters.